The molecule has 4 heteroatoms. The number of aromatic nitrogens is 3. The quantitative estimate of drug-likeness (QED) is 0.773. The Labute approximate surface area is 82.4 Å². The summed E-state index contributed by atoms with van der Waals surface area (Å²) in [6.45, 7) is 2.92. The van der Waals surface area contributed by atoms with Gasteiger partial charge in [0.25, 0.3) is 0 Å². The molecule has 0 fully saturated rings. The average Bonchev–Trinajstić information content (AvgIpc) is 2.71. The van der Waals surface area contributed by atoms with E-state index in [-0.39, 0.29) is 0 Å². The molecule has 0 aliphatic heterocycles. The van der Waals surface area contributed by atoms with Crippen molar-refractivity contribution in [1.82, 2.24) is 15.0 Å². The molecule has 0 aromatic carbocycles. The van der Waals surface area contributed by atoms with E-state index in [1.165, 1.54) is 0 Å². The summed E-state index contributed by atoms with van der Waals surface area (Å²) in [6.07, 6.45) is 5.32. The van der Waals surface area contributed by atoms with Crippen LogP contribution in [0.5, 0.6) is 0 Å². The van der Waals surface area contributed by atoms with Crippen LogP contribution in [0.1, 0.15) is 6.92 Å². The predicted molar refractivity (Wildman–Crippen MR) is 56.0 cm³/mol. The first-order valence-electron chi connectivity index (χ1n) is 4.59. The number of hydrogen-bond acceptors (Lipinski definition) is 3. The van der Waals surface area contributed by atoms with Crippen LogP contribution in [0.3, 0.4) is 0 Å². The van der Waals surface area contributed by atoms with Crippen molar-refractivity contribution in [2.24, 2.45) is 0 Å². The van der Waals surface area contributed by atoms with E-state index in [2.05, 4.69) is 20.3 Å². The SMILES string of the molecule is CCNc1cc(-c2c[nH]cn2)ccn1. The molecule has 0 bridgehead atoms. The molecule has 2 aromatic heterocycles. The molecule has 0 saturated heterocycles. The molecule has 2 aromatic rings. The zero-order chi connectivity index (χ0) is 9.80. The van der Waals surface area contributed by atoms with Gasteiger partial charge in [-0.25, -0.2) is 9.97 Å². The third-order valence-electron chi connectivity index (χ3n) is 1.91. The van der Waals surface area contributed by atoms with Crippen LogP contribution < -0.4 is 5.32 Å². The lowest BCUT2D eigenvalue weighted by atomic mass is 10.2. The number of hydrogen-bond donors (Lipinski definition) is 2. The molecule has 2 N–H and O–H groups in total. The predicted octanol–water partition coefficient (Wildman–Crippen LogP) is 1.90. The van der Waals surface area contributed by atoms with Crippen LogP contribution in [0.2, 0.25) is 0 Å². The highest BCUT2D eigenvalue weighted by molar-refractivity contribution is 5.61. The molecule has 0 atom stereocenters. The first kappa shape index (κ1) is 8.74. The van der Waals surface area contributed by atoms with Crippen molar-refractivity contribution < 1.29 is 0 Å². The number of nitrogens with zero attached hydrogens (tertiary/aromatic N) is 2. The fourth-order valence-electron chi connectivity index (χ4n) is 1.29. The van der Waals surface area contributed by atoms with Gasteiger partial charge in [-0.1, -0.05) is 0 Å². The van der Waals surface area contributed by atoms with E-state index < -0.39 is 0 Å². The molecule has 4 nitrogen and oxygen atoms in total. The third kappa shape index (κ3) is 1.74. The van der Waals surface area contributed by atoms with Crippen molar-refractivity contribution in [3.05, 3.63) is 30.9 Å². The van der Waals surface area contributed by atoms with Crippen LogP contribution in [-0.4, -0.2) is 21.5 Å². The fourth-order valence-corrected chi connectivity index (χ4v) is 1.29. The standard InChI is InChI=1S/C10H12N4/c1-2-12-10-5-8(3-4-13-10)9-6-11-7-14-9/h3-7H,2H2,1H3,(H,11,14)(H,12,13). The Morgan fingerprint density at radius 2 is 2.36 bits per heavy atom. The fraction of sp³-hybridized carbons (Fsp3) is 0.200. The minimum Gasteiger partial charge on any atom is -0.370 e. The van der Waals surface area contributed by atoms with Gasteiger partial charge in [0.2, 0.25) is 0 Å². The Hall–Kier alpha value is -1.84. The monoisotopic (exact) mass is 188 g/mol. The molecule has 0 unspecified atom stereocenters. The Kier molecular flexibility index (Phi) is 2.44. The van der Waals surface area contributed by atoms with Crippen molar-refractivity contribution in [1.29, 1.82) is 0 Å². The minimum absolute atomic E-state index is 0.872. The number of H-pyrrole nitrogens is 1. The molecule has 0 saturated carbocycles. The number of aromatic amines is 1. The van der Waals surface area contributed by atoms with Crippen LogP contribution in [0.25, 0.3) is 11.3 Å². The number of pyridine rings is 1. The molecule has 72 valence electrons. The molecule has 0 aliphatic rings. The molecular weight excluding hydrogens is 176 g/mol. The van der Waals surface area contributed by atoms with E-state index in [0.29, 0.717) is 0 Å². The molecule has 2 rings (SSSR count). The number of rotatable bonds is 3. The smallest absolute Gasteiger partial charge is 0.126 e. The second-order valence-corrected chi connectivity index (χ2v) is 2.91. The lowest BCUT2D eigenvalue weighted by Crippen LogP contribution is -1.98. The van der Waals surface area contributed by atoms with E-state index in [4.69, 9.17) is 0 Å². The van der Waals surface area contributed by atoms with Crippen LogP contribution in [0.15, 0.2) is 30.9 Å². The first-order valence-corrected chi connectivity index (χ1v) is 4.59. The van der Waals surface area contributed by atoms with Gasteiger partial charge in [0.1, 0.15) is 5.82 Å². The third-order valence-corrected chi connectivity index (χ3v) is 1.91. The summed E-state index contributed by atoms with van der Waals surface area (Å²) in [6, 6.07) is 3.93. The normalized spacial score (nSPS) is 10.1. The van der Waals surface area contributed by atoms with Crippen LogP contribution in [0.4, 0.5) is 5.82 Å². The second kappa shape index (κ2) is 3.91. The van der Waals surface area contributed by atoms with Gasteiger partial charge in [0.15, 0.2) is 0 Å². The molecular formula is C10H12N4. The van der Waals surface area contributed by atoms with Gasteiger partial charge in [0, 0.05) is 24.5 Å². The molecule has 0 amide bonds. The molecule has 14 heavy (non-hydrogen) atoms. The Morgan fingerprint density at radius 1 is 1.43 bits per heavy atom. The van der Waals surface area contributed by atoms with Gasteiger partial charge in [-0.3, -0.25) is 0 Å². The van der Waals surface area contributed by atoms with Gasteiger partial charge >= 0.3 is 0 Å². The topological polar surface area (TPSA) is 53.6 Å². The van der Waals surface area contributed by atoms with Gasteiger partial charge in [-0.2, -0.15) is 0 Å². The van der Waals surface area contributed by atoms with E-state index in [1.807, 2.05) is 25.3 Å². The summed E-state index contributed by atoms with van der Waals surface area (Å²) >= 11 is 0. The van der Waals surface area contributed by atoms with Crippen LogP contribution in [-0.2, 0) is 0 Å². The van der Waals surface area contributed by atoms with Gasteiger partial charge < -0.3 is 10.3 Å². The number of imidazole rings is 1. The van der Waals surface area contributed by atoms with Crippen molar-refractivity contribution in [2.45, 2.75) is 6.92 Å². The van der Waals surface area contributed by atoms with E-state index in [9.17, 15) is 0 Å². The van der Waals surface area contributed by atoms with Crippen LogP contribution in [0, 0.1) is 0 Å². The number of nitrogens with one attached hydrogen (secondary N) is 2. The van der Waals surface area contributed by atoms with Crippen molar-refractivity contribution in [2.75, 3.05) is 11.9 Å². The Balaban J connectivity index is 2.31. The lowest BCUT2D eigenvalue weighted by Gasteiger charge is -2.02. The van der Waals surface area contributed by atoms with E-state index >= 15 is 0 Å². The average molecular weight is 188 g/mol. The maximum atomic E-state index is 4.19. The molecule has 0 radical (unpaired) electrons. The summed E-state index contributed by atoms with van der Waals surface area (Å²) in [5.41, 5.74) is 2.00. The lowest BCUT2D eigenvalue weighted by molar-refractivity contribution is 1.16. The summed E-state index contributed by atoms with van der Waals surface area (Å²) in [4.78, 5) is 11.3. The largest absolute Gasteiger partial charge is 0.370 e. The zero-order valence-electron chi connectivity index (χ0n) is 7.99. The Morgan fingerprint density at radius 3 is 3.07 bits per heavy atom. The van der Waals surface area contributed by atoms with Crippen molar-refractivity contribution in [3.8, 4) is 11.3 Å². The van der Waals surface area contributed by atoms with Gasteiger partial charge in [0.05, 0.1) is 12.0 Å². The molecule has 2 heterocycles. The summed E-state index contributed by atoms with van der Waals surface area (Å²) in [5.74, 6) is 0.882. The van der Waals surface area contributed by atoms with Gasteiger partial charge in [-0.15, -0.1) is 0 Å². The maximum absolute atomic E-state index is 4.19. The number of anilines is 1. The summed E-state index contributed by atoms with van der Waals surface area (Å²) in [5, 5.41) is 3.16. The summed E-state index contributed by atoms with van der Waals surface area (Å²) < 4.78 is 0. The highest BCUT2D eigenvalue weighted by Crippen LogP contribution is 2.17. The Bertz CT molecular complexity index is 394. The highest BCUT2D eigenvalue weighted by Gasteiger charge is 2.00. The van der Waals surface area contributed by atoms with Gasteiger partial charge in [-0.05, 0) is 19.1 Å². The van der Waals surface area contributed by atoms with Crippen molar-refractivity contribution >= 4 is 5.82 Å². The minimum atomic E-state index is 0.872. The zero-order valence-corrected chi connectivity index (χ0v) is 7.99. The van der Waals surface area contributed by atoms with E-state index in [0.717, 1.165) is 23.6 Å². The maximum Gasteiger partial charge on any atom is 0.126 e. The second-order valence-electron chi connectivity index (χ2n) is 2.91. The van der Waals surface area contributed by atoms with E-state index in [1.54, 1.807) is 12.5 Å². The van der Waals surface area contributed by atoms with Crippen molar-refractivity contribution in [3.63, 3.8) is 0 Å². The summed E-state index contributed by atoms with van der Waals surface area (Å²) in [7, 11) is 0. The highest BCUT2D eigenvalue weighted by atomic mass is 15.0. The first-order chi connectivity index (χ1) is 6.90. The molecule has 0 aliphatic carbocycles. The molecule has 0 spiro atoms. The van der Waals surface area contributed by atoms with Crippen LogP contribution >= 0.6 is 0 Å².